The van der Waals surface area contributed by atoms with E-state index < -0.39 is 27.0 Å². The molecule has 1 N–H and O–H groups in total. The number of benzene rings is 1. The van der Waals surface area contributed by atoms with Crippen LogP contribution in [0.25, 0.3) is 0 Å². The van der Waals surface area contributed by atoms with Crippen molar-refractivity contribution < 1.29 is 32.0 Å². The number of hydrogen-bond donors (Lipinski definition) is 1. The van der Waals surface area contributed by atoms with Crippen LogP contribution in [0.1, 0.15) is 34.6 Å². The van der Waals surface area contributed by atoms with E-state index in [2.05, 4.69) is 0 Å². The molecule has 1 aromatic carbocycles. The summed E-state index contributed by atoms with van der Waals surface area (Å²) in [6.45, 7) is 3.31. The first kappa shape index (κ1) is 20.1. The average Bonchev–Trinajstić information content (AvgIpc) is 2.37. The number of carbonyl (C=O) groups is 2. The van der Waals surface area contributed by atoms with E-state index in [4.69, 9.17) is 14.0 Å². The monoisotopic (exact) mass is 326 g/mol. The number of rotatable bonds is 5. The summed E-state index contributed by atoms with van der Waals surface area (Å²) in [5.74, 6) is -1.65. The van der Waals surface area contributed by atoms with Crippen molar-refractivity contribution in [2.24, 2.45) is 0 Å². The molecule has 21 heavy (non-hydrogen) atoms. The number of ether oxygens (including phenoxy) is 2. The average molecular weight is 326 g/mol. The van der Waals surface area contributed by atoms with Gasteiger partial charge in [-0.25, -0.2) is 9.59 Å². The summed E-state index contributed by atoms with van der Waals surface area (Å²) in [5, 5.41) is 0. The minimum atomic E-state index is -4.49. The van der Waals surface area contributed by atoms with E-state index in [-0.39, 0.29) is 53.9 Å². The summed E-state index contributed by atoms with van der Waals surface area (Å²) in [7, 11) is -4.49. The Morgan fingerprint density at radius 1 is 1.05 bits per heavy atom. The zero-order valence-electron chi connectivity index (χ0n) is 11.0. The van der Waals surface area contributed by atoms with Crippen LogP contribution in [0.3, 0.4) is 0 Å². The van der Waals surface area contributed by atoms with Gasteiger partial charge in [0.25, 0.3) is 10.1 Å². The molecule has 0 saturated heterocycles. The van der Waals surface area contributed by atoms with Crippen LogP contribution in [-0.4, -0.2) is 67.7 Å². The quantitative estimate of drug-likeness (QED) is 0.480. The van der Waals surface area contributed by atoms with Gasteiger partial charge >= 0.3 is 41.5 Å². The van der Waals surface area contributed by atoms with E-state index in [1.807, 2.05) is 0 Å². The second-order valence-corrected chi connectivity index (χ2v) is 5.04. The second kappa shape index (κ2) is 8.50. The number of hydrogen-bond acceptors (Lipinski definition) is 6. The predicted molar refractivity (Wildman–Crippen MR) is 75.3 cm³/mol. The molecule has 0 aliphatic rings. The van der Waals surface area contributed by atoms with Crippen LogP contribution in [0.5, 0.6) is 0 Å². The molecule has 0 heterocycles. The van der Waals surface area contributed by atoms with Gasteiger partial charge in [-0.05, 0) is 32.0 Å². The van der Waals surface area contributed by atoms with Crippen LogP contribution in [-0.2, 0) is 19.6 Å². The van der Waals surface area contributed by atoms with Crippen molar-refractivity contribution in [2.75, 3.05) is 13.2 Å². The molecule has 0 atom stereocenters. The van der Waals surface area contributed by atoms with Crippen molar-refractivity contribution in [1.29, 1.82) is 0 Å². The number of carbonyl (C=O) groups excluding carboxylic acids is 2. The molecule has 0 spiro atoms. The van der Waals surface area contributed by atoms with Crippen molar-refractivity contribution in [3.8, 4) is 0 Å². The van der Waals surface area contributed by atoms with Gasteiger partial charge < -0.3 is 9.47 Å². The van der Waals surface area contributed by atoms with Gasteiger partial charge in [-0.1, -0.05) is 0 Å². The summed E-state index contributed by atoms with van der Waals surface area (Å²) in [5.41, 5.74) is -0.405. The van der Waals surface area contributed by atoms with Crippen molar-refractivity contribution in [2.45, 2.75) is 18.7 Å². The summed E-state index contributed by atoms with van der Waals surface area (Å²) < 4.78 is 40.6. The van der Waals surface area contributed by atoms with E-state index >= 15 is 0 Å². The fourth-order valence-electron chi connectivity index (χ4n) is 1.45. The van der Waals surface area contributed by atoms with Gasteiger partial charge in [-0.15, -0.1) is 0 Å². The van der Waals surface area contributed by atoms with Crippen molar-refractivity contribution in [1.82, 2.24) is 0 Å². The molecule has 7 nitrogen and oxygen atoms in total. The number of esters is 2. The first-order chi connectivity index (χ1) is 9.31. The third-order valence-electron chi connectivity index (χ3n) is 2.28. The van der Waals surface area contributed by atoms with Gasteiger partial charge in [0.15, 0.2) is 0 Å². The van der Waals surface area contributed by atoms with Gasteiger partial charge in [-0.3, -0.25) is 4.55 Å². The standard InChI is InChI=1S/C12H14O7S.Na.H/c1-3-18-11(13)9-6-5-8(20(15,16)17)7-10(9)12(14)19-4-2;;/h5-7H,3-4H2,1-2H3,(H,15,16,17);;. The Kier molecular flexibility index (Phi) is 8.12. The van der Waals surface area contributed by atoms with E-state index in [1.54, 1.807) is 13.8 Å². The van der Waals surface area contributed by atoms with Gasteiger partial charge in [0, 0.05) is 0 Å². The fraction of sp³-hybridized carbons (Fsp3) is 0.333. The van der Waals surface area contributed by atoms with Gasteiger partial charge in [0.05, 0.1) is 29.2 Å². The fourth-order valence-corrected chi connectivity index (χ4v) is 1.96. The molecule has 0 radical (unpaired) electrons. The molecule has 1 aromatic rings. The van der Waals surface area contributed by atoms with Crippen LogP contribution in [0.15, 0.2) is 23.1 Å². The summed E-state index contributed by atoms with van der Waals surface area (Å²) in [6, 6.07) is 2.97. The molecule has 0 aromatic heterocycles. The van der Waals surface area contributed by atoms with Crippen LogP contribution in [0.2, 0.25) is 0 Å². The van der Waals surface area contributed by atoms with Crippen LogP contribution in [0, 0.1) is 0 Å². The third kappa shape index (κ3) is 5.40. The Balaban J connectivity index is 0.00000400. The van der Waals surface area contributed by atoms with E-state index in [1.165, 1.54) is 0 Å². The summed E-state index contributed by atoms with van der Waals surface area (Å²) in [4.78, 5) is 22.9. The molecule has 0 amide bonds. The molecule has 0 fully saturated rings. The van der Waals surface area contributed by atoms with Gasteiger partial charge in [0.1, 0.15) is 0 Å². The topological polar surface area (TPSA) is 107 Å². The van der Waals surface area contributed by atoms with Crippen LogP contribution < -0.4 is 0 Å². The molecular weight excluding hydrogens is 311 g/mol. The molecule has 0 saturated carbocycles. The van der Waals surface area contributed by atoms with Gasteiger partial charge in [0.2, 0.25) is 0 Å². The predicted octanol–water partition coefficient (Wildman–Crippen LogP) is 0.638. The second-order valence-electron chi connectivity index (χ2n) is 3.62. The van der Waals surface area contributed by atoms with Gasteiger partial charge in [-0.2, -0.15) is 8.42 Å². The van der Waals surface area contributed by atoms with E-state index in [0.29, 0.717) is 0 Å². The summed E-state index contributed by atoms with van der Waals surface area (Å²) >= 11 is 0. The molecule has 0 aliphatic carbocycles. The molecule has 0 bridgehead atoms. The van der Waals surface area contributed by atoms with E-state index in [0.717, 1.165) is 18.2 Å². The zero-order valence-corrected chi connectivity index (χ0v) is 11.8. The molecule has 9 heteroatoms. The Morgan fingerprint density at radius 3 is 1.95 bits per heavy atom. The minimum absolute atomic E-state index is 0. The van der Waals surface area contributed by atoms with E-state index in [9.17, 15) is 18.0 Å². The Hall–Kier alpha value is -0.930. The first-order valence-corrected chi connectivity index (χ1v) is 7.21. The van der Waals surface area contributed by atoms with Crippen molar-refractivity contribution in [3.63, 3.8) is 0 Å². The molecule has 112 valence electrons. The summed E-state index contributed by atoms with van der Waals surface area (Å²) in [6.07, 6.45) is 0. The Labute approximate surface area is 144 Å². The first-order valence-electron chi connectivity index (χ1n) is 5.77. The Bertz CT molecular complexity index is 624. The molecule has 0 aliphatic heterocycles. The maximum absolute atomic E-state index is 11.7. The van der Waals surface area contributed by atoms with Crippen molar-refractivity contribution in [3.05, 3.63) is 29.3 Å². The molecule has 0 unspecified atom stereocenters. The Morgan fingerprint density at radius 2 is 1.52 bits per heavy atom. The molecular formula is C12H15NaO7S. The third-order valence-corrected chi connectivity index (χ3v) is 3.13. The molecule has 1 rings (SSSR count). The normalized spacial score (nSPS) is 10.4. The SMILES string of the molecule is CCOC(=O)c1ccc(S(=O)(=O)O)cc1C(=O)OCC.[NaH]. The van der Waals surface area contributed by atoms with Crippen molar-refractivity contribution >= 4 is 51.6 Å². The zero-order chi connectivity index (χ0) is 15.3. The van der Waals surface area contributed by atoms with Crippen LogP contribution in [0.4, 0.5) is 0 Å². The van der Waals surface area contributed by atoms with Crippen LogP contribution >= 0.6 is 0 Å². The maximum atomic E-state index is 11.7.